The van der Waals surface area contributed by atoms with E-state index in [1.54, 1.807) is 24.3 Å². The van der Waals surface area contributed by atoms with Gasteiger partial charge in [-0.1, -0.05) is 18.7 Å². The van der Waals surface area contributed by atoms with Crippen LogP contribution in [0.25, 0.3) is 6.08 Å². The third-order valence-corrected chi connectivity index (χ3v) is 5.22. The van der Waals surface area contributed by atoms with Crippen LogP contribution in [-0.2, 0) is 22.4 Å². The number of hydrogen-bond donors (Lipinski definition) is 2. The van der Waals surface area contributed by atoms with E-state index in [0.717, 1.165) is 42.5 Å². The molecule has 2 aliphatic rings. The van der Waals surface area contributed by atoms with Crippen LogP contribution in [0.3, 0.4) is 0 Å². The van der Waals surface area contributed by atoms with Crippen LogP contribution >= 0.6 is 0 Å². The Kier molecular flexibility index (Phi) is 5.84. The van der Waals surface area contributed by atoms with Crippen LogP contribution in [0.2, 0.25) is 0 Å². The van der Waals surface area contributed by atoms with Crippen molar-refractivity contribution in [2.75, 3.05) is 23.8 Å². The van der Waals surface area contributed by atoms with Gasteiger partial charge in [-0.25, -0.2) is 0 Å². The fourth-order valence-electron chi connectivity index (χ4n) is 3.78. The van der Waals surface area contributed by atoms with Crippen molar-refractivity contribution < 1.29 is 19.1 Å². The fourth-order valence-corrected chi connectivity index (χ4v) is 3.78. The van der Waals surface area contributed by atoms with Gasteiger partial charge in [0, 0.05) is 17.8 Å². The Bertz CT molecular complexity index is 1030. The molecule has 2 amide bonds. The number of rotatable bonds is 5. The summed E-state index contributed by atoms with van der Waals surface area (Å²) in [4.78, 5) is 24.4. The molecule has 0 fully saturated rings. The minimum absolute atomic E-state index is 0.260. The van der Waals surface area contributed by atoms with Crippen LogP contribution in [0.15, 0.2) is 49.1 Å². The summed E-state index contributed by atoms with van der Waals surface area (Å²) in [5, 5.41) is 5.76. The zero-order chi connectivity index (χ0) is 20.9. The molecule has 0 spiro atoms. The van der Waals surface area contributed by atoms with Gasteiger partial charge in [0.1, 0.15) is 13.2 Å². The van der Waals surface area contributed by atoms with E-state index in [1.807, 2.05) is 6.07 Å². The van der Waals surface area contributed by atoms with Gasteiger partial charge in [0.2, 0.25) is 11.8 Å². The van der Waals surface area contributed by atoms with E-state index in [4.69, 9.17) is 9.47 Å². The van der Waals surface area contributed by atoms with E-state index >= 15 is 0 Å². The van der Waals surface area contributed by atoms with Crippen LogP contribution in [-0.4, -0.2) is 25.0 Å². The van der Waals surface area contributed by atoms with E-state index in [0.29, 0.717) is 30.4 Å². The summed E-state index contributed by atoms with van der Waals surface area (Å²) in [5.41, 5.74) is 4.58. The number of aryl methyl sites for hydroxylation is 1. The van der Waals surface area contributed by atoms with Gasteiger partial charge in [-0.2, -0.15) is 0 Å². The van der Waals surface area contributed by atoms with Crippen molar-refractivity contribution >= 4 is 29.3 Å². The Labute approximate surface area is 175 Å². The zero-order valence-electron chi connectivity index (χ0n) is 16.7. The summed E-state index contributed by atoms with van der Waals surface area (Å²) in [6.45, 7) is 4.55. The molecule has 1 heterocycles. The van der Waals surface area contributed by atoms with Crippen molar-refractivity contribution in [2.45, 2.75) is 25.7 Å². The Morgan fingerprint density at radius 3 is 2.57 bits per heavy atom. The van der Waals surface area contributed by atoms with E-state index in [1.165, 1.54) is 17.7 Å². The second-order valence-corrected chi connectivity index (χ2v) is 7.25. The quantitative estimate of drug-likeness (QED) is 0.735. The average molecular weight is 404 g/mol. The van der Waals surface area contributed by atoms with Crippen LogP contribution in [0, 0.1) is 0 Å². The van der Waals surface area contributed by atoms with Gasteiger partial charge in [-0.15, -0.1) is 0 Å². The molecule has 0 aromatic heterocycles. The smallest absolute Gasteiger partial charge is 0.248 e. The maximum Gasteiger partial charge on any atom is 0.248 e. The lowest BCUT2D eigenvalue weighted by Crippen LogP contribution is -2.16. The molecule has 2 aromatic rings. The van der Waals surface area contributed by atoms with Gasteiger partial charge in [-0.3, -0.25) is 9.59 Å². The molecule has 0 saturated carbocycles. The molecule has 1 aliphatic carbocycles. The highest BCUT2D eigenvalue weighted by molar-refractivity contribution is 6.04. The molecule has 6 heteroatoms. The fraction of sp³-hybridized carbons (Fsp3) is 0.250. The molecule has 2 N–H and O–H groups in total. The van der Waals surface area contributed by atoms with Gasteiger partial charge >= 0.3 is 0 Å². The average Bonchev–Trinajstić information content (AvgIpc) is 2.78. The molecule has 6 nitrogen and oxygen atoms in total. The van der Waals surface area contributed by atoms with Gasteiger partial charge in [-0.05, 0) is 66.7 Å². The third-order valence-electron chi connectivity index (χ3n) is 5.22. The first-order valence-electron chi connectivity index (χ1n) is 10.1. The predicted molar refractivity (Wildman–Crippen MR) is 117 cm³/mol. The van der Waals surface area contributed by atoms with Crippen LogP contribution in [0.5, 0.6) is 11.5 Å². The lowest BCUT2D eigenvalue weighted by atomic mass is 9.88. The lowest BCUT2D eigenvalue weighted by Gasteiger charge is -2.21. The number of benzene rings is 2. The summed E-state index contributed by atoms with van der Waals surface area (Å²) in [7, 11) is 0. The minimum atomic E-state index is -0.273. The Morgan fingerprint density at radius 1 is 0.933 bits per heavy atom. The zero-order valence-corrected chi connectivity index (χ0v) is 16.7. The van der Waals surface area contributed by atoms with Gasteiger partial charge in [0.25, 0.3) is 0 Å². The molecule has 30 heavy (non-hydrogen) atoms. The molecule has 4 rings (SSSR count). The number of anilines is 2. The summed E-state index contributed by atoms with van der Waals surface area (Å²) in [6, 6.07) is 9.32. The number of carbonyl (C=O) groups is 2. The molecule has 2 aromatic carbocycles. The largest absolute Gasteiger partial charge is 0.486 e. The molecule has 0 atom stereocenters. The molecule has 0 bridgehead atoms. The summed E-state index contributed by atoms with van der Waals surface area (Å²) < 4.78 is 11.0. The topological polar surface area (TPSA) is 76.7 Å². The first-order chi connectivity index (χ1) is 14.6. The Balaban J connectivity index is 1.53. The molecule has 0 radical (unpaired) electrons. The summed E-state index contributed by atoms with van der Waals surface area (Å²) in [6.07, 6.45) is 8.58. The number of amides is 2. The highest BCUT2D eigenvalue weighted by atomic mass is 16.6. The standard InChI is InChI=1S/C24H24N2O4/c1-2-22(27)26-24-17(8-7-16-5-3-4-6-19(16)24)9-12-23(28)25-18-10-11-20-21(15-18)30-14-13-29-20/h2,7-12,15H,1,3-6,13-14H2,(H,25,28)(H,26,27)/b12-9+. The van der Waals surface area contributed by atoms with Crippen LogP contribution in [0.4, 0.5) is 11.4 Å². The number of carbonyl (C=O) groups excluding carboxylic acids is 2. The molecular formula is C24H24N2O4. The minimum Gasteiger partial charge on any atom is -0.486 e. The number of nitrogens with one attached hydrogen (secondary N) is 2. The van der Waals surface area contributed by atoms with E-state index < -0.39 is 0 Å². The molecular weight excluding hydrogens is 380 g/mol. The van der Waals surface area contributed by atoms with Crippen molar-refractivity contribution in [3.8, 4) is 11.5 Å². The van der Waals surface area contributed by atoms with E-state index in [9.17, 15) is 9.59 Å². The number of hydrogen-bond acceptors (Lipinski definition) is 4. The molecule has 154 valence electrons. The Morgan fingerprint density at radius 2 is 1.73 bits per heavy atom. The summed E-state index contributed by atoms with van der Waals surface area (Å²) in [5.74, 6) is 0.758. The number of fused-ring (bicyclic) bond motifs is 2. The first kappa shape index (κ1) is 19.8. The first-order valence-corrected chi connectivity index (χ1v) is 10.1. The SMILES string of the molecule is C=CC(=O)Nc1c(/C=C/C(=O)Nc2ccc3c(c2)OCCO3)ccc2c1CCCC2. The van der Waals surface area contributed by atoms with Gasteiger partial charge in [0.15, 0.2) is 11.5 Å². The monoisotopic (exact) mass is 404 g/mol. The molecule has 1 aliphatic heterocycles. The van der Waals surface area contributed by atoms with Gasteiger partial charge < -0.3 is 20.1 Å². The highest BCUT2D eigenvalue weighted by Crippen LogP contribution is 2.33. The van der Waals surface area contributed by atoms with Crippen molar-refractivity contribution in [3.63, 3.8) is 0 Å². The number of ether oxygens (including phenoxy) is 2. The predicted octanol–water partition coefficient (Wildman–Crippen LogP) is 4.11. The van der Waals surface area contributed by atoms with Crippen molar-refractivity contribution in [2.24, 2.45) is 0 Å². The normalized spacial score (nSPS) is 14.7. The van der Waals surface area contributed by atoms with Gasteiger partial charge in [0.05, 0.1) is 5.69 Å². The van der Waals surface area contributed by atoms with E-state index in [2.05, 4.69) is 23.3 Å². The second kappa shape index (κ2) is 8.86. The maximum atomic E-state index is 12.5. The third kappa shape index (κ3) is 4.38. The molecule has 0 saturated heterocycles. The summed E-state index contributed by atoms with van der Waals surface area (Å²) >= 11 is 0. The van der Waals surface area contributed by atoms with Crippen molar-refractivity contribution in [1.82, 2.24) is 0 Å². The second-order valence-electron chi connectivity index (χ2n) is 7.25. The van der Waals surface area contributed by atoms with Crippen molar-refractivity contribution in [1.29, 1.82) is 0 Å². The maximum absolute atomic E-state index is 12.5. The van der Waals surface area contributed by atoms with Crippen molar-refractivity contribution in [3.05, 3.63) is 65.8 Å². The highest BCUT2D eigenvalue weighted by Gasteiger charge is 2.17. The van der Waals surface area contributed by atoms with Crippen LogP contribution < -0.4 is 20.1 Å². The van der Waals surface area contributed by atoms with E-state index in [-0.39, 0.29) is 11.8 Å². The molecule has 0 unspecified atom stereocenters. The van der Waals surface area contributed by atoms with Crippen LogP contribution in [0.1, 0.15) is 29.5 Å². The Hall–Kier alpha value is -3.54. The lowest BCUT2D eigenvalue weighted by molar-refractivity contribution is -0.112.